The van der Waals surface area contributed by atoms with Gasteiger partial charge in [-0.3, -0.25) is 0 Å². The molecule has 0 aromatic heterocycles. The number of rotatable bonds is 2. The Morgan fingerprint density at radius 1 is 1.19 bits per heavy atom. The van der Waals surface area contributed by atoms with E-state index in [2.05, 4.69) is 42.2 Å². The van der Waals surface area contributed by atoms with Gasteiger partial charge in [0.2, 0.25) is 0 Å². The summed E-state index contributed by atoms with van der Waals surface area (Å²) in [5, 5.41) is 0. The van der Waals surface area contributed by atoms with Gasteiger partial charge in [0.15, 0.2) is 5.96 Å². The second-order valence-corrected chi connectivity index (χ2v) is 5.29. The van der Waals surface area contributed by atoms with E-state index in [-0.39, 0.29) is 6.17 Å². The largest absolute Gasteiger partial charge is 0.369 e. The topological polar surface area (TPSA) is 67.6 Å². The lowest BCUT2D eigenvalue weighted by atomic mass is 9.97. The Bertz CT molecular complexity index is 706. The van der Waals surface area contributed by atoms with Gasteiger partial charge in [0, 0.05) is 12.1 Å². The summed E-state index contributed by atoms with van der Waals surface area (Å²) in [6, 6.07) is 14.5. The number of nitrogens with two attached hydrogens (primary N) is 2. The number of hydrogen-bond donors (Lipinski definition) is 2. The van der Waals surface area contributed by atoms with E-state index in [0.29, 0.717) is 5.96 Å². The predicted octanol–water partition coefficient (Wildman–Crippen LogP) is 2.90. The molecule has 0 spiro atoms. The summed E-state index contributed by atoms with van der Waals surface area (Å²) in [4.78, 5) is 6.40. The van der Waals surface area contributed by atoms with Gasteiger partial charge in [0.1, 0.15) is 6.17 Å². The van der Waals surface area contributed by atoms with Gasteiger partial charge < -0.3 is 16.4 Å². The normalized spacial score (nSPS) is 17.4. The molecule has 1 heterocycles. The first kappa shape index (κ1) is 13.6. The van der Waals surface area contributed by atoms with Gasteiger partial charge in [-0.1, -0.05) is 36.4 Å². The summed E-state index contributed by atoms with van der Waals surface area (Å²) in [6.07, 6.45) is -0.228. The van der Waals surface area contributed by atoms with Crippen LogP contribution in [-0.4, -0.2) is 17.4 Å². The second kappa shape index (κ2) is 5.22. The molecule has 2 aromatic carbocycles. The van der Waals surface area contributed by atoms with Crippen molar-refractivity contribution in [2.75, 3.05) is 6.54 Å². The maximum atomic E-state index is 6.28. The van der Waals surface area contributed by atoms with Gasteiger partial charge >= 0.3 is 0 Å². The zero-order valence-electron chi connectivity index (χ0n) is 12.4. The van der Waals surface area contributed by atoms with Crippen LogP contribution < -0.4 is 11.5 Å². The maximum Gasteiger partial charge on any atom is 0.198 e. The van der Waals surface area contributed by atoms with Crippen LogP contribution in [0, 0.1) is 6.92 Å². The van der Waals surface area contributed by atoms with Crippen molar-refractivity contribution < 1.29 is 0 Å². The van der Waals surface area contributed by atoms with Crippen molar-refractivity contribution in [3.63, 3.8) is 0 Å². The van der Waals surface area contributed by atoms with Crippen molar-refractivity contribution in [3.8, 4) is 11.1 Å². The molecule has 0 amide bonds. The molecule has 0 fully saturated rings. The molecule has 0 radical (unpaired) electrons. The number of benzene rings is 2. The molecule has 2 aromatic rings. The number of guanidine groups is 1. The van der Waals surface area contributed by atoms with Crippen LogP contribution in [0.15, 0.2) is 47.5 Å². The van der Waals surface area contributed by atoms with E-state index in [1.165, 1.54) is 11.1 Å². The molecule has 0 aliphatic carbocycles. The summed E-state index contributed by atoms with van der Waals surface area (Å²) in [7, 11) is 0. The molecule has 4 nitrogen and oxygen atoms in total. The lowest BCUT2D eigenvalue weighted by Gasteiger charge is -2.33. The molecule has 0 bridgehead atoms. The molecular weight excluding hydrogens is 260 g/mol. The van der Waals surface area contributed by atoms with Crippen molar-refractivity contribution in [3.05, 3.63) is 53.6 Å². The minimum atomic E-state index is -0.228. The molecule has 108 valence electrons. The van der Waals surface area contributed by atoms with Gasteiger partial charge in [0.25, 0.3) is 0 Å². The zero-order chi connectivity index (χ0) is 15.0. The fraction of sp³-hybridized carbons (Fsp3) is 0.235. The van der Waals surface area contributed by atoms with E-state index in [1.807, 2.05) is 24.0 Å². The van der Waals surface area contributed by atoms with Gasteiger partial charge in [0.05, 0.1) is 5.69 Å². The molecule has 4 N–H and O–H groups in total. The summed E-state index contributed by atoms with van der Waals surface area (Å²) >= 11 is 0. The van der Waals surface area contributed by atoms with Crippen LogP contribution >= 0.6 is 0 Å². The molecule has 0 saturated carbocycles. The van der Waals surface area contributed by atoms with Crippen molar-refractivity contribution in [2.45, 2.75) is 20.0 Å². The molecule has 1 aliphatic heterocycles. The Morgan fingerprint density at radius 2 is 1.95 bits per heavy atom. The van der Waals surface area contributed by atoms with Gasteiger partial charge in [-0.25, -0.2) is 4.99 Å². The maximum absolute atomic E-state index is 6.28. The lowest BCUT2D eigenvalue weighted by molar-refractivity contribution is 0.330. The summed E-state index contributed by atoms with van der Waals surface area (Å²) in [5.41, 5.74) is 17.8. The fourth-order valence-electron chi connectivity index (χ4n) is 2.81. The van der Waals surface area contributed by atoms with Crippen LogP contribution in [0.4, 0.5) is 5.69 Å². The van der Waals surface area contributed by atoms with Crippen LogP contribution in [0.3, 0.4) is 0 Å². The zero-order valence-corrected chi connectivity index (χ0v) is 12.4. The van der Waals surface area contributed by atoms with Crippen LogP contribution in [0.1, 0.15) is 24.2 Å². The minimum Gasteiger partial charge on any atom is -0.369 e. The molecule has 21 heavy (non-hydrogen) atoms. The third-order valence-corrected chi connectivity index (χ3v) is 4.01. The third-order valence-electron chi connectivity index (χ3n) is 4.01. The van der Waals surface area contributed by atoms with E-state index in [4.69, 9.17) is 11.5 Å². The van der Waals surface area contributed by atoms with Crippen LogP contribution in [0.2, 0.25) is 0 Å². The third kappa shape index (κ3) is 2.28. The van der Waals surface area contributed by atoms with Crippen molar-refractivity contribution in [1.82, 2.24) is 4.90 Å². The smallest absolute Gasteiger partial charge is 0.198 e. The highest BCUT2D eigenvalue weighted by molar-refractivity contribution is 5.85. The quantitative estimate of drug-likeness (QED) is 0.888. The van der Waals surface area contributed by atoms with Crippen molar-refractivity contribution >= 4 is 11.6 Å². The Hall–Kier alpha value is -2.33. The highest BCUT2D eigenvalue weighted by Crippen LogP contribution is 2.35. The molecule has 1 atom stereocenters. The van der Waals surface area contributed by atoms with E-state index >= 15 is 0 Å². The van der Waals surface area contributed by atoms with Crippen molar-refractivity contribution in [2.24, 2.45) is 16.5 Å². The first-order valence-electron chi connectivity index (χ1n) is 7.18. The standard InChI is InChI=1S/C17H20N4/c1-3-21-16(18)14-9-8-12(10-15(14)20-17(21)19)13-7-5-4-6-11(13)2/h4-10,16H,3,18H2,1-2H3,(H2,19,20). The van der Waals surface area contributed by atoms with Crippen LogP contribution in [-0.2, 0) is 0 Å². The van der Waals surface area contributed by atoms with E-state index in [1.54, 1.807) is 0 Å². The van der Waals surface area contributed by atoms with Gasteiger partial charge in [-0.2, -0.15) is 0 Å². The lowest BCUT2D eigenvalue weighted by Crippen LogP contribution is -2.45. The number of nitrogens with zero attached hydrogens (tertiary/aromatic N) is 2. The Morgan fingerprint density at radius 3 is 2.67 bits per heavy atom. The number of fused-ring (bicyclic) bond motifs is 1. The molecule has 4 heteroatoms. The minimum absolute atomic E-state index is 0.228. The fourth-order valence-corrected chi connectivity index (χ4v) is 2.81. The summed E-state index contributed by atoms with van der Waals surface area (Å²) in [5.74, 6) is 0.486. The second-order valence-electron chi connectivity index (χ2n) is 5.29. The van der Waals surface area contributed by atoms with Crippen molar-refractivity contribution in [1.29, 1.82) is 0 Å². The van der Waals surface area contributed by atoms with Crippen LogP contribution in [0.5, 0.6) is 0 Å². The molecule has 1 aliphatic rings. The van der Waals surface area contributed by atoms with E-state index < -0.39 is 0 Å². The Kier molecular flexibility index (Phi) is 3.39. The highest BCUT2D eigenvalue weighted by Gasteiger charge is 2.24. The average Bonchev–Trinajstić information content (AvgIpc) is 2.47. The van der Waals surface area contributed by atoms with Gasteiger partial charge in [-0.05, 0) is 36.6 Å². The Labute approximate surface area is 125 Å². The summed E-state index contributed by atoms with van der Waals surface area (Å²) in [6.45, 7) is 4.88. The monoisotopic (exact) mass is 280 g/mol. The average molecular weight is 280 g/mol. The number of aryl methyl sites for hydroxylation is 1. The Balaban J connectivity index is 2.10. The number of hydrogen-bond acceptors (Lipinski definition) is 4. The molecule has 1 unspecified atom stereocenters. The molecule has 3 rings (SSSR count). The van der Waals surface area contributed by atoms with E-state index in [0.717, 1.165) is 23.4 Å². The first-order chi connectivity index (χ1) is 10.1. The van der Waals surface area contributed by atoms with Crippen LogP contribution in [0.25, 0.3) is 11.1 Å². The predicted molar refractivity (Wildman–Crippen MR) is 87.2 cm³/mol. The number of aliphatic imine (C=N–C) groups is 1. The molecule has 0 saturated heterocycles. The summed E-state index contributed by atoms with van der Waals surface area (Å²) < 4.78 is 0. The molecular formula is C17H20N4. The van der Waals surface area contributed by atoms with E-state index in [9.17, 15) is 0 Å². The first-order valence-corrected chi connectivity index (χ1v) is 7.18. The highest BCUT2D eigenvalue weighted by atomic mass is 15.3. The van der Waals surface area contributed by atoms with Gasteiger partial charge in [-0.15, -0.1) is 0 Å². The SMILES string of the molecule is CCN1C(N)=Nc2cc(-c3ccccc3C)ccc2C1N.